The molecule has 1 aromatic carbocycles. The lowest BCUT2D eigenvalue weighted by Gasteiger charge is -2.13. The van der Waals surface area contributed by atoms with Crippen LogP contribution in [-0.4, -0.2) is 17.0 Å². The number of anilines is 1. The molecule has 0 radical (unpaired) electrons. The van der Waals surface area contributed by atoms with Crippen LogP contribution in [0, 0.1) is 17.6 Å². The normalized spacial score (nSPS) is 19.2. The molecule has 1 aromatic rings. The highest BCUT2D eigenvalue weighted by atomic mass is 79.9. The van der Waals surface area contributed by atoms with Crippen LogP contribution in [0.2, 0.25) is 0 Å². The van der Waals surface area contributed by atoms with E-state index in [1.807, 2.05) is 0 Å². The summed E-state index contributed by atoms with van der Waals surface area (Å²) in [5.41, 5.74) is 0.229. The van der Waals surface area contributed by atoms with Gasteiger partial charge < -0.3 is 5.32 Å². The van der Waals surface area contributed by atoms with E-state index >= 15 is 0 Å². The Morgan fingerprint density at radius 3 is 2.72 bits per heavy atom. The summed E-state index contributed by atoms with van der Waals surface area (Å²) in [6, 6.07) is 2.08. The summed E-state index contributed by atoms with van der Waals surface area (Å²) in [5.74, 6) is -0.719. The van der Waals surface area contributed by atoms with Crippen molar-refractivity contribution in [3.63, 3.8) is 0 Å². The number of hydrogen-bond acceptors (Lipinski definition) is 3. The summed E-state index contributed by atoms with van der Waals surface area (Å²) >= 11 is 4.74. The molecule has 2 rings (SSSR count). The van der Waals surface area contributed by atoms with Crippen molar-refractivity contribution in [3.05, 3.63) is 28.2 Å². The number of benzene rings is 1. The van der Waals surface area contributed by atoms with Gasteiger partial charge in [0.25, 0.3) is 0 Å². The third kappa shape index (κ3) is 3.03. The summed E-state index contributed by atoms with van der Waals surface area (Å²) in [5, 5.41) is 4.01. The number of nitrogens with zero attached hydrogens (tertiary/aromatic N) is 1. The quantitative estimate of drug-likeness (QED) is 0.873. The number of rotatable bonds is 2. The second-order valence-electron chi connectivity index (χ2n) is 4.42. The lowest BCUT2D eigenvalue weighted by atomic mass is 10.1. The Morgan fingerprint density at radius 1 is 1.44 bits per heavy atom. The van der Waals surface area contributed by atoms with Gasteiger partial charge in [-0.1, -0.05) is 25.6 Å². The maximum atomic E-state index is 13.6. The van der Waals surface area contributed by atoms with Crippen LogP contribution >= 0.6 is 27.7 Å². The molecule has 18 heavy (non-hydrogen) atoms. The van der Waals surface area contributed by atoms with Gasteiger partial charge in [-0.3, -0.25) is 4.99 Å². The van der Waals surface area contributed by atoms with Crippen molar-refractivity contribution in [1.82, 2.24) is 0 Å². The average Bonchev–Trinajstić information content (AvgIpc) is 2.71. The topological polar surface area (TPSA) is 24.4 Å². The molecule has 0 bridgehead atoms. The van der Waals surface area contributed by atoms with Crippen molar-refractivity contribution in [2.45, 2.75) is 19.1 Å². The van der Waals surface area contributed by atoms with E-state index in [2.05, 4.69) is 40.1 Å². The lowest BCUT2D eigenvalue weighted by Crippen LogP contribution is -2.13. The monoisotopic (exact) mass is 334 g/mol. The largest absolute Gasteiger partial charge is 0.332 e. The number of halogens is 3. The summed E-state index contributed by atoms with van der Waals surface area (Å²) < 4.78 is 26.9. The van der Waals surface area contributed by atoms with Crippen LogP contribution in [0.5, 0.6) is 0 Å². The van der Waals surface area contributed by atoms with Crippen LogP contribution in [-0.2, 0) is 0 Å². The molecule has 1 unspecified atom stereocenters. The summed E-state index contributed by atoms with van der Waals surface area (Å²) in [6.07, 6.45) is 0. The molecule has 98 valence electrons. The predicted octanol–water partition coefficient (Wildman–Crippen LogP) is 4.27. The van der Waals surface area contributed by atoms with Crippen LogP contribution in [0.3, 0.4) is 0 Å². The molecule has 1 atom stereocenters. The molecule has 0 spiro atoms. The lowest BCUT2D eigenvalue weighted by molar-refractivity contribution is 0.585. The zero-order valence-corrected chi connectivity index (χ0v) is 12.4. The van der Waals surface area contributed by atoms with Crippen LogP contribution in [0.1, 0.15) is 13.8 Å². The van der Waals surface area contributed by atoms with Gasteiger partial charge in [-0.15, -0.1) is 0 Å². The molecule has 0 saturated heterocycles. The first kappa shape index (κ1) is 13.8. The number of aliphatic imine (C=N–C) groups is 1. The Bertz CT molecular complexity index is 468. The van der Waals surface area contributed by atoms with Crippen LogP contribution < -0.4 is 5.32 Å². The molecule has 0 saturated carbocycles. The van der Waals surface area contributed by atoms with Gasteiger partial charge in [-0.25, -0.2) is 8.78 Å². The van der Waals surface area contributed by atoms with E-state index in [4.69, 9.17) is 0 Å². The van der Waals surface area contributed by atoms with Gasteiger partial charge in [-0.05, 0) is 27.9 Å². The number of nitrogens with one attached hydrogen (secondary N) is 1. The second kappa shape index (κ2) is 5.57. The Hall–Kier alpha value is -0.620. The molecule has 0 aliphatic carbocycles. The fraction of sp³-hybridized carbons (Fsp3) is 0.417. The van der Waals surface area contributed by atoms with E-state index in [1.165, 1.54) is 6.07 Å². The van der Waals surface area contributed by atoms with Gasteiger partial charge in [0.1, 0.15) is 5.82 Å². The maximum Gasteiger partial charge on any atom is 0.161 e. The molecule has 1 aliphatic heterocycles. The Morgan fingerprint density at radius 2 is 2.17 bits per heavy atom. The van der Waals surface area contributed by atoms with E-state index in [0.29, 0.717) is 20.8 Å². The molecule has 2 nitrogen and oxygen atoms in total. The molecule has 1 aliphatic rings. The van der Waals surface area contributed by atoms with Crippen molar-refractivity contribution >= 4 is 38.5 Å². The summed E-state index contributed by atoms with van der Waals surface area (Å²) in [4.78, 5) is 4.33. The molecule has 6 heteroatoms. The minimum Gasteiger partial charge on any atom is -0.332 e. The fourth-order valence-electron chi connectivity index (χ4n) is 1.58. The Balaban J connectivity index is 2.12. The summed E-state index contributed by atoms with van der Waals surface area (Å²) in [7, 11) is 0. The van der Waals surface area contributed by atoms with E-state index in [-0.39, 0.29) is 5.69 Å². The fourth-order valence-corrected chi connectivity index (χ4v) is 3.10. The average molecular weight is 335 g/mol. The number of hydrogen-bond donors (Lipinski definition) is 1. The molecule has 1 N–H and O–H groups in total. The molecule has 0 aromatic heterocycles. The highest BCUT2D eigenvalue weighted by molar-refractivity contribution is 9.10. The molecular formula is C12H13BrF2N2S. The zero-order valence-electron chi connectivity index (χ0n) is 10.0. The number of amidine groups is 1. The van der Waals surface area contributed by atoms with E-state index in [9.17, 15) is 8.78 Å². The molecule has 0 fully saturated rings. The van der Waals surface area contributed by atoms with E-state index < -0.39 is 11.6 Å². The summed E-state index contributed by atoms with van der Waals surface area (Å²) in [6.45, 7) is 4.99. The van der Waals surface area contributed by atoms with Gasteiger partial charge in [0.05, 0.1) is 12.2 Å². The molecule has 0 amide bonds. The standard InChI is InChI=1S/C12H13BrF2N2S/c1-6(2)10-5-16-12(18-10)17-11-8(13)3-7(14)4-9(11)15/h3-4,6,10H,5H2,1-2H3,(H,16,17). The van der Waals surface area contributed by atoms with Gasteiger partial charge in [0.15, 0.2) is 11.0 Å². The van der Waals surface area contributed by atoms with Crippen molar-refractivity contribution in [3.8, 4) is 0 Å². The number of thioether (sulfide) groups is 1. The van der Waals surface area contributed by atoms with Crippen LogP contribution in [0.15, 0.2) is 21.6 Å². The first-order valence-corrected chi connectivity index (χ1v) is 7.27. The Labute approximate surface area is 117 Å². The van der Waals surface area contributed by atoms with E-state index in [1.54, 1.807) is 11.8 Å². The first-order valence-electron chi connectivity index (χ1n) is 5.60. The van der Waals surface area contributed by atoms with Crippen molar-refractivity contribution in [2.24, 2.45) is 10.9 Å². The predicted molar refractivity (Wildman–Crippen MR) is 76.2 cm³/mol. The minimum absolute atomic E-state index is 0.229. The van der Waals surface area contributed by atoms with Gasteiger partial charge in [0, 0.05) is 15.8 Å². The van der Waals surface area contributed by atoms with Gasteiger partial charge in [0.2, 0.25) is 0 Å². The zero-order chi connectivity index (χ0) is 13.3. The molecule has 1 heterocycles. The SMILES string of the molecule is CC(C)C1CN=C(Nc2c(F)cc(F)cc2Br)S1. The minimum atomic E-state index is -0.627. The van der Waals surface area contributed by atoms with Crippen molar-refractivity contribution in [2.75, 3.05) is 11.9 Å². The van der Waals surface area contributed by atoms with Crippen molar-refractivity contribution < 1.29 is 8.78 Å². The maximum absolute atomic E-state index is 13.6. The smallest absolute Gasteiger partial charge is 0.161 e. The van der Waals surface area contributed by atoms with Crippen LogP contribution in [0.25, 0.3) is 0 Å². The van der Waals surface area contributed by atoms with E-state index in [0.717, 1.165) is 12.6 Å². The Kier molecular flexibility index (Phi) is 4.27. The third-order valence-electron chi connectivity index (χ3n) is 2.66. The van der Waals surface area contributed by atoms with Gasteiger partial charge >= 0.3 is 0 Å². The van der Waals surface area contributed by atoms with Crippen molar-refractivity contribution in [1.29, 1.82) is 0 Å². The first-order chi connectivity index (χ1) is 8.47. The third-order valence-corrected chi connectivity index (χ3v) is 4.74. The highest BCUT2D eigenvalue weighted by Gasteiger charge is 2.23. The molecular weight excluding hydrogens is 322 g/mol. The van der Waals surface area contributed by atoms with Crippen LogP contribution in [0.4, 0.5) is 14.5 Å². The second-order valence-corrected chi connectivity index (χ2v) is 6.50. The highest BCUT2D eigenvalue weighted by Crippen LogP contribution is 2.32. The van der Waals surface area contributed by atoms with Gasteiger partial charge in [-0.2, -0.15) is 0 Å².